The average Bonchev–Trinajstić information content (AvgIpc) is 2.27. The lowest BCUT2D eigenvalue weighted by atomic mass is 10.2. The topological polar surface area (TPSA) is 52.3 Å². The predicted molar refractivity (Wildman–Crippen MR) is 71.8 cm³/mol. The zero-order valence-corrected chi connectivity index (χ0v) is 11.4. The third-order valence-corrected chi connectivity index (χ3v) is 3.32. The van der Waals surface area contributed by atoms with Gasteiger partial charge in [0.2, 0.25) is 0 Å². The molecule has 0 heterocycles. The molecule has 0 bridgehead atoms. The average molecular weight is 304 g/mol. The van der Waals surface area contributed by atoms with Crippen LogP contribution in [0.5, 0.6) is 0 Å². The Morgan fingerprint density at radius 1 is 1.56 bits per heavy atom. The Kier molecular flexibility index (Phi) is 5.69. The lowest BCUT2D eigenvalue weighted by Gasteiger charge is -2.06. The summed E-state index contributed by atoms with van der Waals surface area (Å²) >= 11 is 5.03. The van der Waals surface area contributed by atoms with Crippen molar-refractivity contribution in [3.63, 3.8) is 0 Å². The summed E-state index contributed by atoms with van der Waals surface area (Å²) < 4.78 is 5.83. The van der Waals surface area contributed by atoms with Gasteiger partial charge in [0, 0.05) is 10.2 Å². The molecule has 0 fully saturated rings. The van der Waals surface area contributed by atoms with Crippen molar-refractivity contribution in [2.75, 3.05) is 24.3 Å². The summed E-state index contributed by atoms with van der Waals surface area (Å²) in [6.07, 6.45) is 2.89. The number of hydrogen-bond acceptors (Lipinski definition) is 4. The van der Waals surface area contributed by atoms with Gasteiger partial charge in [-0.1, -0.05) is 0 Å². The first kappa shape index (κ1) is 13.4. The number of esters is 1. The summed E-state index contributed by atoms with van der Waals surface area (Å²) in [5, 5.41) is 0. The smallest absolute Gasteiger partial charge is 0.339 e. The molecule has 1 aromatic carbocycles. The molecule has 0 radical (unpaired) electrons. The normalized spacial score (nSPS) is 10.1. The third-order valence-electron chi connectivity index (χ3n) is 1.94. The van der Waals surface area contributed by atoms with Gasteiger partial charge in [-0.2, -0.15) is 11.8 Å². The maximum absolute atomic E-state index is 11.7. The zero-order valence-electron chi connectivity index (χ0n) is 9.03. The second-order valence-electron chi connectivity index (χ2n) is 3.22. The van der Waals surface area contributed by atoms with Crippen molar-refractivity contribution in [3.8, 4) is 0 Å². The second kappa shape index (κ2) is 6.81. The number of nitrogen functional groups attached to an aromatic ring is 1. The number of nitrogens with two attached hydrogens (primary N) is 1. The van der Waals surface area contributed by atoms with Gasteiger partial charge in [0.05, 0.1) is 12.2 Å². The Balaban J connectivity index is 2.55. The van der Waals surface area contributed by atoms with Gasteiger partial charge in [-0.15, -0.1) is 0 Å². The van der Waals surface area contributed by atoms with E-state index < -0.39 is 0 Å². The summed E-state index contributed by atoms with van der Waals surface area (Å²) in [6, 6.07) is 5.09. The molecule has 0 unspecified atom stereocenters. The molecule has 0 aliphatic rings. The summed E-state index contributed by atoms with van der Waals surface area (Å²) in [4.78, 5) is 11.7. The fraction of sp³-hybridized carbons (Fsp3) is 0.364. The minimum absolute atomic E-state index is 0.333. The third kappa shape index (κ3) is 4.06. The van der Waals surface area contributed by atoms with Crippen molar-refractivity contribution in [2.24, 2.45) is 0 Å². The summed E-state index contributed by atoms with van der Waals surface area (Å²) in [6.45, 7) is 0.445. The molecule has 88 valence electrons. The van der Waals surface area contributed by atoms with E-state index in [2.05, 4.69) is 15.9 Å². The first-order valence-corrected chi connectivity index (χ1v) is 7.05. The Bertz CT molecular complexity index is 371. The van der Waals surface area contributed by atoms with Gasteiger partial charge in [0.15, 0.2) is 0 Å². The molecule has 0 saturated heterocycles. The van der Waals surface area contributed by atoms with Crippen LogP contribution in [0.15, 0.2) is 22.7 Å². The van der Waals surface area contributed by atoms with Gasteiger partial charge in [0.1, 0.15) is 0 Å². The van der Waals surface area contributed by atoms with Crippen LogP contribution in [0.1, 0.15) is 16.8 Å². The molecule has 0 aliphatic carbocycles. The van der Waals surface area contributed by atoms with Gasteiger partial charge in [-0.25, -0.2) is 4.79 Å². The van der Waals surface area contributed by atoms with Gasteiger partial charge in [-0.3, -0.25) is 0 Å². The van der Waals surface area contributed by atoms with Crippen LogP contribution in [-0.4, -0.2) is 24.6 Å². The first-order chi connectivity index (χ1) is 7.65. The van der Waals surface area contributed by atoms with Crippen molar-refractivity contribution in [1.29, 1.82) is 0 Å². The number of benzene rings is 1. The molecule has 0 aliphatic heterocycles. The Morgan fingerprint density at radius 2 is 2.31 bits per heavy atom. The molecular formula is C11H14BrNO2S. The molecule has 0 saturated carbocycles. The van der Waals surface area contributed by atoms with Crippen LogP contribution < -0.4 is 5.73 Å². The number of thioether (sulfide) groups is 1. The van der Waals surface area contributed by atoms with Crippen LogP contribution in [0.2, 0.25) is 0 Å². The maximum Gasteiger partial charge on any atom is 0.339 e. The summed E-state index contributed by atoms with van der Waals surface area (Å²) in [7, 11) is 0. The Hall–Kier alpha value is -0.680. The molecule has 1 aromatic rings. The number of hydrogen-bond donors (Lipinski definition) is 1. The number of carbonyl (C=O) groups is 1. The fourth-order valence-corrected chi connectivity index (χ4v) is 1.96. The van der Waals surface area contributed by atoms with E-state index in [1.165, 1.54) is 0 Å². The quantitative estimate of drug-likeness (QED) is 0.516. The lowest BCUT2D eigenvalue weighted by Crippen LogP contribution is -2.08. The van der Waals surface area contributed by atoms with Gasteiger partial charge < -0.3 is 10.5 Å². The monoisotopic (exact) mass is 303 g/mol. The van der Waals surface area contributed by atoms with E-state index >= 15 is 0 Å². The standard InChI is InChI=1S/C11H14BrNO2S/c1-16-6-2-5-15-11(14)9-7-8(13)3-4-10(9)12/h3-4,7H,2,5-6,13H2,1H3. The van der Waals surface area contributed by atoms with Gasteiger partial charge >= 0.3 is 5.97 Å². The number of anilines is 1. The molecule has 2 N–H and O–H groups in total. The lowest BCUT2D eigenvalue weighted by molar-refractivity contribution is 0.0505. The largest absolute Gasteiger partial charge is 0.462 e. The van der Waals surface area contributed by atoms with E-state index in [1.807, 2.05) is 6.26 Å². The molecule has 0 atom stereocenters. The van der Waals surface area contributed by atoms with E-state index in [0.717, 1.165) is 12.2 Å². The first-order valence-electron chi connectivity index (χ1n) is 4.86. The Morgan fingerprint density at radius 3 is 3.00 bits per heavy atom. The molecule has 0 aromatic heterocycles. The number of carbonyl (C=O) groups excluding carboxylic acids is 1. The highest BCUT2D eigenvalue weighted by atomic mass is 79.9. The molecule has 5 heteroatoms. The molecular weight excluding hydrogens is 290 g/mol. The number of ether oxygens (including phenoxy) is 1. The van der Waals surface area contributed by atoms with Crippen LogP contribution in [0, 0.1) is 0 Å². The van der Waals surface area contributed by atoms with E-state index in [-0.39, 0.29) is 5.97 Å². The minimum atomic E-state index is -0.333. The highest BCUT2D eigenvalue weighted by Crippen LogP contribution is 2.20. The van der Waals surface area contributed by atoms with Crippen molar-refractivity contribution < 1.29 is 9.53 Å². The van der Waals surface area contributed by atoms with Crippen molar-refractivity contribution in [2.45, 2.75) is 6.42 Å². The highest BCUT2D eigenvalue weighted by Gasteiger charge is 2.11. The number of halogens is 1. The molecule has 0 spiro atoms. The predicted octanol–water partition coefficient (Wildman–Crippen LogP) is 2.94. The van der Waals surface area contributed by atoms with Crippen LogP contribution in [0.4, 0.5) is 5.69 Å². The molecule has 0 amide bonds. The van der Waals surface area contributed by atoms with Gasteiger partial charge in [0.25, 0.3) is 0 Å². The fourth-order valence-electron chi connectivity index (χ4n) is 1.15. The van der Waals surface area contributed by atoms with E-state index in [0.29, 0.717) is 22.3 Å². The molecule has 3 nitrogen and oxygen atoms in total. The highest BCUT2D eigenvalue weighted by molar-refractivity contribution is 9.10. The SMILES string of the molecule is CSCCCOC(=O)c1cc(N)ccc1Br. The van der Waals surface area contributed by atoms with Crippen molar-refractivity contribution in [3.05, 3.63) is 28.2 Å². The van der Waals surface area contributed by atoms with Crippen LogP contribution in [0.25, 0.3) is 0 Å². The summed E-state index contributed by atoms with van der Waals surface area (Å²) in [5.41, 5.74) is 6.64. The molecule has 16 heavy (non-hydrogen) atoms. The van der Waals surface area contributed by atoms with Crippen LogP contribution in [-0.2, 0) is 4.74 Å². The second-order valence-corrected chi connectivity index (χ2v) is 5.06. The minimum Gasteiger partial charge on any atom is -0.462 e. The van der Waals surface area contributed by atoms with E-state index in [9.17, 15) is 4.79 Å². The maximum atomic E-state index is 11.7. The Labute approximate surface area is 108 Å². The van der Waals surface area contributed by atoms with E-state index in [4.69, 9.17) is 10.5 Å². The number of rotatable bonds is 5. The van der Waals surface area contributed by atoms with Crippen LogP contribution in [0.3, 0.4) is 0 Å². The van der Waals surface area contributed by atoms with Crippen molar-refractivity contribution >= 4 is 39.3 Å². The van der Waals surface area contributed by atoms with E-state index in [1.54, 1.807) is 30.0 Å². The van der Waals surface area contributed by atoms with Crippen LogP contribution >= 0.6 is 27.7 Å². The molecule has 1 rings (SSSR count). The van der Waals surface area contributed by atoms with Gasteiger partial charge in [-0.05, 0) is 52.6 Å². The summed E-state index contributed by atoms with van der Waals surface area (Å²) in [5.74, 6) is 0.658. The van der Waals surface area contributed by atoms with Crippen molar-refractivity contribution in [1.82, 2.24) is 0 Å². The zero-order chi connectivity index (χ0) is 12.0.